The van der Waals surface area contributed by atoms with Crippen LogP contribution in [0.3, 0.4) is 0 Å². The van der Waals surface area contributed by atoms with E-state index in [0.29, 0.717) is 6.61 Å². The van der Waals surface area contributed by atoms with Crippen molar-refractivity contribution in [2.45, 2.75) is 12.5 Å². The lowest BCUT2D eigenvalue weighted by Gasteiger charge is -2.10. The third-order valence-electron chi connectivity index (χ3n) is 2.30. The van der Waals surface area contributed by atoms with Crippen LogP contribution in [0.4, 0.5) is 0 Å². The maximum atomic E-state index is 5.91. The zero-order valence-corrected chi connectivity index (χ0v) is 9.46. The Morgan fingerprint density at radius 2 is 2.40 bits per heavy atom. The lowest BCUT2D eigenvalue weighted by atomic mass is 10.1. The Morgan fingerprint density at radius 3 is 3.20 bits per heavy atom. The molecule has 2 aromatic rings. The van der Waals surface area contributed by atoms with Crippen LogP contribution in [0.1, 0.15) is 5.69 Å². The van der Waals surface area contributed by atoms with Gasteiger partial charge >= 0.3 is 0 Å². The van der Waals surface area contributed by atoms with Crippen molar-refractivity contribution < 1.29 is 4.74 Å². The summed E-state index contributed by atoms with van der Waals surface area (Å²) in [6.45, 7) is 0.572. The third kappa shape index (κ3) is 2.34. The fourth-order valence-corrected chi connectivity index (χ4v) is 2.44. The van der Waals surface area contributed by atoms with Crippen LogP contribution in [0, 0.1) is 0 Å². The van der Waals surface area contributed by atoms with E-state index in [0.717, 1.165) is 12.1 Å². The number of rotatable bonds is 4. The summed E-state index contributed by atoms with van der Waals surface area (Å²) < 4.78 is 6.29. The van der Waals surface area contributed by atoms with Gasteiger partial charge in [-0.3, -0.25) is 4.98 Å². The van der Waals surface area contributed by atoms with E-state index in [1.165, 1.54) is 10.1 Å². The molecule has 0 bridgehead atoms. The lowest BCUT2D eigenvalue weighted by Crippen LogP contribution is -2.28. The molecule has 0 saturated heterocycles. The van der Waals surface area contributed by atoms with E-state index in [4.69, 9.17) is 10.5 Å². The molecule has 3 nitrogen and oxygen atoms in total. The van der Waals surface area contributed by atoms with Gasteiger partial charge < -0.3 is 10.5 Å². The molecule has 1 unspecified atom stereocenters. The van der Waals surface area contributed by atoms with Gasteiger partial charge in [0.15, 0.2) is 0 Å². The molecule has 0 aliphatic rings. The molecule has 15 heavy (non-hydrogen) atoms. The number of thiophene rings is 1. The topological polar surface area (TPSA) is 48.1 Å². The zero-order valence-electron chi connectivity index (χ0n) is 8.64. The number of ether oxygens (including phenoxy) is 1. The second kappa shape index (κ2) is 4.70. The van der Waals surface area contributed by atoms with Crippen molar-refractivity contribution in [2.24, 2.45) is 5.73 Å². The van der Waals surface area contributed by atoms with Crippen LogP contribution in [0.2, 0.25) is 0 Å². The molecule has 0 radical (unpaired) electrons. The van der Waals surface area contributed by atoms with Crippen LogP contribution in [-0.4, -0.2) is 24.7 Å². The summed E-state index contributed by atoms with van der Waals surface area (Å²) in [7, 11) is 1.67. The van der Waals surface area contributed by atoms with Crippen LogP contribution < -0.4 is 5.73 Å². The predicted octanol–water partition coefficient (Wildman–Crippen LogP) is 1.81. The first-order valence-electron chi connectivity index (χ1n) is 4.87. The first kappa shape index (κ1) is 10.5. The highest BCUT2D eigenvalue weighted by Gasteiger charge is 2.08. The van der Waals surface area contributed by atoms with E-state index in [1.807, 2.05) is 12.3 Å². The highest BCUT2D eigenvalue weighted by Crippen LogP contribution is 2.23. The van der Waals surface area contributed by atoms with Crippen LogP contribution in [0.5, 0.6) is 0 Å². The summed E-state index contributed by atoms with van der Waals surface area (Å²) in [5, 5.41) is 3.30. The van der Waals surface area contributed by atoms with Crippen molar-refractivity contribution in [3.63, 3.8) is 0 Å². The normalized spacial score (nSPS) is 13.2. The standard InChI is InChI=1S/C11H14N2OS/c1-14-7-8(12)6-10-9-3-5-15-11(9)2-4-13-10/h2-5,8H,6-7,12H2,1H3. The summed E-state index contributed by atoms with van der Waals surface area (Å²) in [6.07, 6.45) is 2.61. The summed E-state index contributed by atoms with van der Waals surface area (Å²) >= 11 is 1.73. The van der Waals surface area contributed by atoms with E-state index in [2.05, 4.69) is 16.4 Å². The monoisotopic (exact) mass is 222 g/mol. The van der Waals surface area contributed by atoms with Gasteiger partial charge in [-0.2, -0.15) is 0 Å². The molecule has 2 N–H and O–H groups in total. The minimum absolute atomic E-state index is 0.0213. The largest absolute Gasteiger partial charge is 0.383 e. The van der Waals surface area contributed by atoms with Gasteiger partial charge in [-0.25, -0.2) is 0 Å². The third-order valence-corrected chi connectivity index (χ3v) is 3.18. The van der Waals surface area contributed by atoms with Gasteiger partial charge in [0.2, 0.25) is 0 Å². The summed E-state index contributed by atoms with van der Waals surface area (Å²) in [6, 6.07) is 4.15. The highest BCUT2D eigenvalue weighted by atomic mass is 32.1. The van der Waals surface area contributed by atoms with Crippen molar-refractivity contribution in [2.75, 3.05) is 13.7 Å². The first-order valence-corrected chi connectivity index (χ1v) is 5.75. The predicted molar refractivity (Wildman–Crippen MR) is 63.2 cm³/mol. The molecule has 0 aromatic carbocycles. The summed E-state index contributed by atoms with van der Waals surface area (Å²) in [4.78, 5) is 4.37. The number of methoxy groups -OCH3 is 1. The quantitative estimate of drug-likeness (QED) is 0.858. The second-order valence-corrected chi connectivity index (χ2v) is 4.46. The Labute approximate surface area is 92.9 Å². The van der Waals surface area contributed by atoms with E-state index in [1.54, 1.807) is 18.4 Å². The zero-order chi connectivity index (χ0) is 10.7. The Bertz CT molecular complexity index is 441. The number of nitrogens with zero attached hydrogens (tertiary/aromatic N) is 1. The molecule has 0 spiro atoms. The fourth-order valence-electron chi connectivity index (χ4n) is 1.64. The van der Waals surface area contributed by atoms with E-state index < -0.39 is 0 Å². The Hall–Kier alpha value is -0.970. The maximum Gasteiger partial charge on any atom is 0.0617 e. The van der Waals surface area contributed by atoms with Crippen molar-refractivity contribution in [1.82, 2.24) is 4.98 Å². The summed E-state index contributed by atoms with van der Waals surface area (Å²) in [5.74, 6) is 0. The van der Waals surface area contributed by atoms with Gasteiger partial charge in [-0.05, 0) is 17.5 Å². The smallest absolute Gasteiger partial charge is 0.0617 e. The summed E-state index contributed by atoms with van der Waals surface area (Å²) in [5.41, 5.74) is 6.98. The van der Waals surface area contributed by atoms with Crippen molar-refractivity contribution in [1.29, 1.82) is 0 Å². The number of nitrogens with two attached hydrogens (primary N) is 1. The Morgan fingerprint density at radius 1 is 1.53 bits per heavy atom. The number of hydrogen-bond acceptors (Lipinski definition) is 4. The average Bonchev–Trinajstić information content (AvgIpc) is 2.67. The number of hydrogen-bond donors (Lipinski definition) is 1. The lowest BCUT2D eigenvalue weighted by molar-refractivity contribution is 0.180. The van der Waals surface area contributed by atoms with Crippen molar-refractivity contribution >= 4 is 21.4 Å². The van der Waals surface area contributed by atoms with Crippen LogP contribution in [0.25, 0.3) is 10.1 Å². The fraction of sp³-hybridized carbons (Fsp3) is 0.364. The van der Waals surface area contributed by atoms with Crippen molar-refractivity contribution in [3.8, 4) is 0 Å². The van der Waals surface area contributed by atoms with Crippen molar-refractivity contribution in [3.05, 3.63) is 29.4 Å². The molecule has 4 heteroatoms. The second-order valence-electron chi connectivity index (χ2n) is 3.51. The average molecular weight is 222 g/mol. The first-order chi connectivity index (χ1) is 7.31. The molecule has 0 saturated carbocycles. The minimum Gasteiger partial charge on any atom is -0.383 e. The highest BCUT2D eigenvalue weighted by molar-refractivity contribution is 7.17. The molecule has 2 heterocycles. The van der Waals surface area contributed by atoms with Crippen LogP contribution in [-0.2, 0) is 11.2 Å². The molecular weight excluding hydrogens is 208 g/mol. The van der Waals surface area contributed by atoms with Crippen LogP contribution in [0.15, 0.2) is 23.7 Å². The SMILES string of the molecule is COCC(N)Cc1nccc2sccc12. The van der Waals surface area contributed by atoms with E-state index in [-0.39, 0.29) is 6.04 Å². The molecular formula is C11H14N2OS. The van der Waals surface area contributed by atoms with Gasteiger partial charge in [0, 0.05) is 35.9 Å². The Kier molecular flexibility index (Phi) is 3.30. The molecule has 2 rings (SSSR count). The number of aromatic nitrogens is 1. The molecule has 0 aliphatic carbocycles. The molecule has 80 valence electrons. The van der Waals surface area contributed by atoms with E-state index >= 15 is 0 Å². The minimum atomic E-state index is 0.0213. The van der Waals surface area contributed by atoms with Gasteiger partial charge in [-0.1, -0.05) is 0 Å². The van der Waals surface area contributed by atoms with E-state index in [9.17, 15) is 0 Å². The Balaban J connectivity index is 2.23. The number of fused-ring (bicyclic) bond motifs is 1. The molecule has 0 fully saturated rings. The maximum absolute atomic E-state index is 5.91. The molecule has 2 aromatic heterocycles. The van der Waals surface area contributed by atoms with Gasteiger partial charge in [0.1, 0.15) is 0 Å². The van der Waals surface area contributed by atoms with Crippen LogP contribution >= 0.6 is 11.3 Å². The molecule has 1 atom stereocenters. The molecule has 0 amide bonds. The van der Waals surface area contributed by atoms with Gasteiger partial charge in [0.25, 0.3) is 0 Å². The van der Waals surface area contributed by atoms with Gasteiger partial charge in [0.05, 0.1) is 12.3 Å². The number of pyridine rings is 1. The van der Waals surface area contributed by atoms with Gasteiger partial charge in [-0.15, -0.1) is 11.3 Å². The molecule has 0 aliphatic heterocycles.